The van der Waals surface area contributed by atoms with Gasteiger partial charge in [0.15, 0.2) is 0 Å². The number of anilines is 1. The molecule has 4 aromatic rings. The number of methoxy groups -OCH3 is 1. The number of benzene rings is 4. The Morgan fingerprint density at radius 3 is 2.38 bits per heavy atom. The first-order valence-electron chi connectivity index (χ1n) is 9.99. The van der Waals surface area contributed by atoms with Crippen LogP contribution in [0.4, 0.5) is 5.69 Å². The predicted molar refractivity (Wildman–Crippen MR) is 125 cm³/mol. The van der Waals surface area contributed by atoms with Crippen molar-refractivity contribution in [3.63, 3.8) is 0 Å². The third-order valence-electron chi connectivity index (χ3n) is 5.06. The Bertz CT molecular complexity index is 1360. The van der Waals surface area contributed by atoms with Crippen LogP contribution < -0.4 is 14.8 Å². The number of carbonyl (C=O) groups is 1. The average Bonchev–Trinajstić information content (AvgIpc) is 2.83. The smallest absolute Gasteiger partial charge is 0.255 e. The molecule has 0 aliphatic heterocycles. The van der Waals surface area contributed by atoms with E-state index in [9.17, 15) is 13.2 Å². The lowest BCUT2D eigenvalue weighted by molar-refractivity contribution is 0.102. The van der Waals surface area contributed by atoms with Crippen LogP contribution in [0.15, 0.2) is 95.9 Å². The number of hydrogen-bond acceptors (Lipinski definition) is 4. The van der Waals surface area contributed by atoms with Gasteiger partial charge < -0.3 is 10.1 Å². The van der Waals surface area contributed by atoms with Crippen LogP contribution in [0.3, 0.4) is 0 Å². The molecule has 1 amide bonds. The van der Waals surface area contributed by atoms with Crippen LogP contribution in [-0.4, -0.2) is 21.4 Å². The van der Waals surface area contributed by atoms with Crippen molar-refractivity contribution in [1.82, 2.24) is 4.72 Å². The molecule has 0 radical (unpaired) electrons. The highest BCUT2D eigenvalue weighted by Crippen LogP contribution is 2.27. The summed E-state index contributed by atoms with van der Waals surface area (Å²) in [5.74, 6) is -0.254. The third kappa shape index (κ3) is 4.64. The van der Waals surface area contributed by atoms with Crippen molar-refractivity contribution in [3.8, 4) is 5.75 Å². The molecule has 0 aliphatic rings. The molecule has 0 saturated heterocycles. The summed E-state index contributed by atoms with van der Waals surface area (Å²) in [7, 11) is -2.53. The van der Waals surface area contributed by atoms with Gasteiger partial charge in [-0.15, -0.1) is 0 Å². The Morgan fingerprint density at radius 1 is 0.875 bits per heavy atom. The van der Waals surface area contributed by atoms with E-state index in [2.05, 4.69) is 10.0 Å². The van der Waals surface area contributed by atoms with Crippen LogP contribution in [0.1, 0.15) is 15.9 Å². The fraction of sp³-hybridized carbons (Fsp3) is 0.0800. The summed E-state index contributed by atoms with van der Waals surface area (Å²) in [5.41, 5.74) is 1.68. The first kappa shape index (κ1) is 21.5. The van der Waals surface area contributed by atoms with Crippen LogP contribution in [0.2, 0.25) is 0 Å². The van der Waals surface area contributed by atoms with E-state index in [1.54, 1.807) is 0 Å². The molecule has 0 spiro atoms. The quantitative estimate of drug-likeness (QED) is 0.435. The molecule has 0 aliphatic carbocycles. The number of hydrogen-bond donors (Lipinski definition) is 2. The monoisotopic (exact) mass is 446 g/mol. The summed E-state index contributed by atoms with van der Waals surface area (Å²) >= 11 is 0. The summed E-state index contributed by atoms with van der Waals surface area (Å²) in [5, 5.41) is 4.77. The lowest BCUT2D eigenvalue weighted by Gasteiger charge is -2.13. The summed E-state index contributed by atoms with van der Waals surface area (Å²) in [6, 6.07) is 26.9. The molecule has 4 aromatic carbocycles. The van der Waals surface area contributed by atoms with Crippen molar-refractivity contribution in [2.24, 2.45) is 0 Å². The van der Waals surface area contributed by atoms with Crippen LogP contribution in [0, 0.1) is 0 Å². The lowest BCUT2D eigenvalue weighted by Crippen LogP contribution is -2.24. The summed E-state index contributed by atoms with van der Waals surface area (Å²) in [4.78, 5) is 12.9. The van der Waals surface area contributed by atoms with E-state index in [4.69, 9.17) is 4.74 Å². The molecule has 0 unspecified atom stereocenters. The van der Waals surface area contributed by atoms with Crippen LogP contribution in [0.5, 0.6) is 5.75 Å². The highest BCUT2D eigenvalue weighted by Gasteiger charge is 2.22. The zero-order chi connectivity index (χ0) is 22.6. The van der Waals surface area contributed by atoms with Gasteiger partial charge >= 0.3 is 0 Å². The second-order valence-corrected chi connectivity index (χ2v) is 8.89. The topological polar surface area (TPSA) is 84.5 Å². The second-order valence-electron chi connectivity index (χ2n) is 7.16. The molecule has 0 heterocycles. The molecule has 162 valence electrons. The Labute approximate surface area is 186 Å². The predicted octanol–water partition coefficient (Wildman–Crippen LogP) is 4.58. The van der Waals surface area contributed by atoms with Gasteiger partial charge in [0.25, 0.3) is 5.91 Å². The van der Waals surface area contributed by atoms with Gasteiger partial charge in [-0.25, -0.2) is 13.1 Å². The molecule has 2 N–H and O–H groups in total. The zero-order valence-electron chi connectivity index (χ0n) is 17.4. The van der Waals surface area contributed by atoms with Gasteiger partial charge in [-0.3, -0.25) is 4.79 Å². The second kappa shape index (κ2) is 9.21. The minimum absolute atomic E-state index is 0.0958. The fourth-order valence-corrected chi connectivity index (χ4v) is 4.62. The van der Waals surface area contributed by atoms with Gasteiger partial charge in [0.05, 0.1) is 7.11 Å². The van der Waals surface area contributed by atoms with E-state index in [1.807, 2.05) is 72.8 Å². The molecule has 4 rings (SSSR count). The summed E-state index contributed by atoms with van der Waals surface area (Å²) in [6.07, 6.45) is 0. The van der Waals surface area contributed by atoms with Gasteiger partial charge in [0.2, 0.25) is 10.0 Å². The van der Waals surface area contributed by atoms with Gasteiger partial charge in [-0.2, -0.15) is 0 Å². The van der Waals surface area contributed by atoms with E-state index in [0.717, 1.165) is 16.3 Å². The number of rotatable bonds is 7. The Balaban J connectivity index is 1.61. The Kier molecular flexibility index (Phi) is 6.20. The van der Waals surface area contributed by atoms with Gasteiger partial charge in [0.1, 0.15) is 10.6 Å². The number of nitrogens with one attached hydrogen (secondary N) is 2. The number of amides is 1. The molecule has 7 heteroatoms. The molecule has 0 atom stereocenters. The standard InChI is InChI=1S/C25H22N2O4S/c1-31-23-15-14-20(16-24(23)32(29,30)26-17-18-8-3-2-4-9-18)25(28)27-22-13-7-11-19-10-5-6-12-21(19)22/h2-16,26H,17H2,1H3,(H,27,28). The van der Waals surface area contributed by atoms with E-state index >= 15 is 0 Å². The minimum atomic E-state index is -3.92. The molecular weight excluding hydrogens is 424 g/mol. The van der Waals surface area contributed by atoms with E-state index in [1.165, 1.54) is 25.3 Å². The van der Waals surface area contributed by atoms with Crippen LogP contribution >= 0.6 is 0 Å². The van der Waals surface area contributed by atoms with Gasteiger partial charge in [-0.05, 0) is 35.2 Å². The molecule has 0 bridgehead atoms. The number of fused-ring (bicyclic) bond motifs is 1. The van der Waals surface area contributed by atoms with Gasteiger partial charge in [0, 0.05) is 23.2 Å². The third-order valence-corrected chi connectivity index (χ3v) is 6.48. The Morgan fingerprint density at radius 2 is 1.59 bits per heavy atom. The summed E-state index contributed by atoms with van der Waals surface area (Å²) < 4.78 is 33.8. The maximum atomic E-state index is 13.0. The highest BCUT2D eigenvalue weighted by atomic mass is 32.2. The molecule has 0 fully saturated rings. The zero-order valence-corrected chi connectivity index (χ0v) is 18.2. The normalized spacial score (nSPS) is 11.3. The maximum absolute atomic E-state index is 13.0. The van der Waals surface area contributed by atoms with Crippen molar-refractivity contribution in [2.45, 2.75) is 11.4 Å². The van der Waals surface area contributed by atoms with Crippen molar-refractivity contribution in [1.29, 1.82) is 0 Å². The highest BCUT2D eigenvalue weighted by molar-refractivity contribution is 7.89. The SMILES string of the molecule is COc1ccc(C(=O)Nc2cccc3ccccc23)cc1S(=O)(=O)NCc1ccccc1. The van der Waals surface area contributed by atoms with Crippen molar-refractivity contribution in [3.05, 3.63) is 102 Å². The average molecular weight is 447 g/mol. The number of carbonyl (C=O) groups excluding carboxylic acids is 1. The van der Waals surface area contributed by atoms with Crippen molar-refractivity contribution >= 4 is 32.4 Å². The molecule has 0 aromatic heterocycles. The minimum Gasteiger partial charge on any atom is -0.495 e. The number of ether oxygens (including phenoxy) is 1. The van der Waals surface area contributed by atoms with E-state index < -0.39 is 15.9 Å². The lowest BCUT2D eigenvalue weighted by atomic mass is 10.1. The maximum Gasteiger partial charge on any atom is 0.255 e. The molecule has 32 heavy (non-hydrogen) atoms. The van der Waals surface area contributed by atoms with Crippen molar-refractivity contribution < 1.29 is 17.9 Å². The molecular formula is C25H22N2O4S. The van der Waals surface area contributed by atoms with Crippen LogP contribution in [0.25, 0.3) is 10.8 Å². The van der Waals surface area contributed by atoms with Gasteiger partial charge in [-0.1, -0.05) is 66.7 Å². The van der Waals surface area contributed by atoms with Crippen molar-refractivity contribution in [2.75, 3.05) is 12.4 Å². The first-order chi connectivity index (χ1) is 15.5. The first-order valence-corrected chi connectivity index (χ1v) is 11.5. The van der Waals surface area contributed by atoms with E-state index in [0.29, 0.717) is 5.69 Å². The summed E-state index contributed by atoms with van der Waals surface area (Å²) in [6.45, 7) is 0.124. The Hall–Kier alpha value is -3.68. The molecule has 0 saturated carbocycles. The fourth-order valence-electron chi connectivity index (χ4n) is 3.41. The largest absolute Gasteiger partial charge is 0.495 e. The number of sulfonamides is 1. The molecule has 6 nitrogen and oxygen atoms in total. The van der Waals surface area contributed by atoms with E-state index in [-0.39, 0.29) is 22.8 Å². The van der Waals surface area contributed by atoms with Crippen LogP contribution in [-0.2, 0) is 16.6 Å².